The van der Waals surface area contributed by atoms with Gasteiger partial charge in [0.1, 0.15) is 17.4 Å². The Hall–Kier alpha value is -2.83. The number of aryl methyl sites for hydroxylation is 1. The molecule has 0 saturated carbocycles. The minimum Gasteiger partial charge on any atom is -0.481 e. The molecule has 0 bridgehead atoms. The maximum Gasteiger partial charge on any atom is 0.336 e. The van der Waals surface area contributed by atoms with Crippen molar-refractivity contribution in [3.63, 3.8) is 0 Å². The average molecular weight is 389 g/mol. The van der Waals surface area contributed by atoms with Crippen LogP contribution in [0.15, 0.2) is 33.5 Å². The van der Waals surface area contributed by atoms with Crippen molar-refractivity contribution in [2.75, 3.05) is 0 Å². The van der Waals surface area contributed by atoms with Crippen molar-refractivity contribution in [2.45, 2.75) is 59.1 Å². The zero-order valence-corrected chi connectivity index (χ0v) is 16.7. The Morgan fingerprint density at radius 1 is 1.21 bits per heavy atom. The maximum absolute atomic E-state index is 12.4. The number of aliphatic carboxylic acids is 1. The number of carbonyl (C=O) groups excluding carboxylic acids is 1. The summed E-state index contributed by atoms with van der Waals surface area (Å²) in [5, 5.41) is 12.7. The van der Waals surface area contributed by atoms with Gasteiger partial charge in [0, 0.05) is 17.5 Å². The maximum atomic E-state index is 12.4. The Kier molecular flexibility index (Phi) is 7.20. The summed E-state index contributed by atoms with van der Waals surface area (Å²) >= 11 is 0. The lowest BCUT2D eigenvalue weighted by Gasteiger charge is -2.22. The molecule has 0 spiro atoms. The number of hydrogen-bond donors (Lipinski definition) is 2. The van der Waals surface area contributed by atoms with Gasteiger partial charge in [-0.2, -0.15) is 0 Å². The van der Waals surface area contributed by atoms with Crippen LogP contribution in [0.4, 0.5) is 0 Å². The lowest BCUT2D eigenvalue weighted by molar-refractivity contribution is -0.144. The molecule has 0 aliphatic carbocycles. The number of carbonyl (C=O) groups is 2. The van der Waals surface area contributed by atoms with Crippen LogP contribution >= 0.6 is 0 Å². The highest BCUT2D eigenvalue weighted by atomic mass is 16.5. The highest BCUT2D eigenvalue weighted by molar-refractivity contribution is 5.86. The number of rotatable bonds is 9. The first-order chi connectivity index (χ1) is 13.3. The molecule has 0 fully saturated rings. The largest absolute Gasteiger partial charge is 0.481 e. The van der Waals surface area contributed by atoms with Gasteiger partial charge in [-0.3, -0.25) is 4.79 Å². The molecule has 2 N–H and O–H groups in total. The van der Waals surface area contributed by atoms with Gasteiger partial charge in [0.2, 0.25) is 0 Å². The minimum atomic E-state index is -1.08. The van der Waals surface area contributed by atoms with Crippen LogP contribution in [0.3, 0.4) is 0 Å². The molecule has 1 heterocycles. The van der Waals surface area contributed by atoms with Gasteiger partial charge in [-0.05, 0) is 37.0 Å². The summed E-state index contributed by atoms with van der Waals surface area (Å²) in [6.45, 7) is 7.20. The van der Waals surface area contributed by atoms with E-state index < -0.39 is 29.6 Å². The van der Waals surface area contributed by atoms with Gasteiger partial charge in [-0.25, -0.2) is 9.59 Å². The lowest BCUT2D eigenvalue weighted by atomic mass is 9.99. The second-order valence-corrected chi connectivity index (χ2v) is 6.97. The molecule has 0 aliphatic rings. The molecule has 7 heteroatoms. The predicted molar refractivity (Wildman–Crippen MR) is 106 cm³/mol. The summed E-state index contributed by atoms with van der Waals surface area (Å²) in [4.78, 5) is 35.5. The van der Waals surface area contributed by atoms with E-state index >= 15 is 0 Å². The first-order valence-electron chi connectivity index (χ1n) is 9.53. The Labute approximate surface area is 163 Å². The zero-order valence-electron chi connectivity index (χ0n) is 16.7. The summed E-state index contributed by atoms with van der Waals surface area (Å²) in [5.41, 5.74) is 0.866. The highest BCUT2D eigenvalue weighted by Gasteiger charge is 2.28. The van der Waals surface area contributed by atoms with Crippen LogP contribution in [0.2, 0.25) is 0 Å². The van der Waals surface area contributed by atoms with Crippen LogP contribution in [0.25, 0.3) is 11.0 Å². The number of nitrogens with one attached hydrogen (secondary N) is 1. The summed E-state index contributed by atoms with van der Waals surface area (Å²) < 4.78 is 10.9. The summed E-state index contributed by atoms with van der Waals surface area (Å²) in [7, 11) is 0. The average Bonchev–Trinajstić information content (AvgIpc) is 2.64. The normalized spacial score (nSPS) is 14.3. The molecule has 3 atom stereocenters. The fourth-order valence-corrected chi connectivity index (χ4v) is 2.97. The summed E-state index contributed by atoms with van der Waals surface area (Å²) in [6, 6.07) is 5.58. The number of carboxylic acids is 1. The number of ether oxygens (including phenoxy) is 1. The molecule has 0 saturated heterocycles. The lowest BCUT2D eigenvalue weighted by Crippen LogP contribution is -2.49. The van der Waals surface area contributed by atoms with Gasteiger partial charge < -0.3 is 19.6 Å². The molecule has 0 aliphatic heterocycles. The number of fused-ring (bicyclic) bond motifs is 1. The van der Waals surface area contributed by atoms with Gasteiger partial charge >= 0.3 is 11.6 Å². The third-order valence-electron chi connectivity index (χ3n) is 4.78. The number of benzene rings is 1. The van der Waals surface area contributed by atoms with Crippen LogP contribution in [-0.2, 0) is 16.0 Å². The zero-order chi connectivity index (χ0) is 20.8. The quantitative estimate of drug-likeness (QED) is 0.638. The third kappa shape index (κ3) is 5.12. The van der Waals surface area contributed by atoms with E-state index in [2.05, 4.69) is 5.32 Å². The second kappa shape index (κ2) is 9.39. The smallest absolute Gasteiger partial charge is 0.336 e. The molecule has 2 rings (SSSR count). The molecule has 1 aromatic heterocycles. The Morgan fingerprint density at radius 3 is 2.54 bits per heavy atom. The monoisotopic (exact) mass is 389 g/mol. The van der Waals surface area contributed by atoms with Crippen LogP contribution in [0.5, 0.6) is 5.75 Å². The van der Waals surface area contributed by atoms with Crippen LogP contribution in [0, 0.1) is 5.92 Å². The summed E-state index contributed by atoms with van der Waals surface area (Å²) in [5.74, 6) is -1.44. The third-order valence-corrected chi connectivity index (χ3v) is 4.78. The molecule has 1 amide bonds. The molecular weight excluding hydrogens is 362 g/mol. The van der Waals surface area contributed by atoms with Gasteiger partial charge in [0.05, 0.1) is 0 Å². The Bertz CT molecular complexity index is 903. The molecule has 28 heavy (non-hydrogen) atoms. The fraction of sp³-hybridized carbons (Fsp3) is 0.476. The first kappa shape index (κ1) is 21.5. The van der Waals surface area contributed by atoms with Crippen LogP contribution < -0.4 is 15.7 Å². The van der Waals surface area contributed by atoms with E-state index in [9.17, 15) is 19.5 Å². The molecule has 0 unspecified atom stereocenters. The molecule has 152 valence electrons. The van der Waals surface area contributed by atoms with E-state index in [1.807, 2.05) is 13.8 Å². The fourth-order valence-electron chi connectivity index (χ4n) is 2.97. The Morgan fingerprint density at radius 2 is 1.93 bits per heavy atom. The number of amides is 1. The van der Waals surface area contributed by atoms with E-state index in [-0.39, 0.29) is 5.92 Å². The molecule has 7 nitrogen and oxygen atoms in total. The van der Waals surface area contributed by atoms with E-state index in [1.165, 1.54) is 6.07 Å². The highest BCUT2D eigenvalue weighted by Crippen LogP contribution is 2.24. The Balaban J connectivity index is 2.18. The predicted octanol–water partition coefficient (Wildman–Crippen LogP) is 3.13. The van der Waals surface area contributed by atoms with Gasteiger partial charge in [-0.15, -0.1) is 0 Å². The van der Waals surface area contributed by atoms with Gasteiger partial charge in [0.25, 0.3) is 5.91 Å². The SMILES string of the molecule is CCCc1cc(=O)oc2cc(O[C@@H](C)C(=O)N[C@@H](C(=O)O)[C@@H](C)CC)ccc12. The van der Waals surface area contributed by atoms with Crippen molar-refractivity contribution in [3.8, 4) is 5.75 Å². The van der Waals surface area contributed by atoms with Crippen molar-refractivity contribution in [3.05, 3.63) is 40.2 Å². The van der Waals surface area contributed by atoms with Crippen molar-refractivity contribution >= 4 is 22.8 Å². The van der Waals surface area contributed by atoms with Crippen LogP contribution in [-0.4, -0.2) is 29.1 Å². The van der Waals surface area contributed by atoms with Crippen molar-refractivity contribution in [1.82, 2.24) is 5.32 Å². The van der Waals surface area contributed by atoms with E-state index in [1.54, 1.807) is 32.0 Å². The van der Waals surface area contributed by atoms with Crippen molar-refractivity contribution in [2.24, 2.45) is 5.92 Å². The topological polar surface area (TPSA) is 106 Å². The van der Waals surface area contributed by atoms with E-state index in [0.29, 0.717) is 17.8 Å². The first-order valence-corrected chi connectivity index (χ1v) is 9.53. The van der Waals surface area contributed by atoms with Gasteiger partial charge in [-0.1, -0.05) is 33.6 Å². The molecular formula is C21H27NO6. The van der Waals surface area contributed by atoms with Crippen molar-refractivity contribution < 1.29 is 23.8 Å². The van der Waals surface area contributed by atoms with Crippen molar-refractivity contribution in [1.29, 1.82) is 0 Å². The standard InChI is InChI=1S/C21H27NO6/c1-5-7-14-10-18(23)28-17-11-15(8-9-16(14)17)27-13(4)20(24)22-19(21(25)26)12(3)6-2/h8-13,19H,5-7H2,1-4H3,(H,22,24)(H,25,26)/t12-,13-,19+/m0/s1. The summed E-state index contributed by atoms with van der Waals surface area (Å²) in [6.07, 6.45) is 1.37. The van der Waals surface area contributed by atoms with E-state index in [4.69, 9.17) is 9.15 Å². The van der Waals surface area contributed by atoms with E-state index in [0.717, 1.165) is 23.8 Å². The molecule has 1 aromatic carbocycles. The van der Waals surface area contributed by atoms with Gasteiger partial charge in [0.15, 0.2) is 6.10 Å². The number of carboxylic acid groups (broad SMARTS) is 1. The number of hydrogen-bond acceptors (Lipinski definition) is 5. The second-order valence-electron chi connectivity index (χ2n) is 6.97. The molecule has 0 radical (unpaired) electrons. The van der Waals surface area contributed by atoms with Crippen LogP contribution in [0.1, 0.15) is 46.1 Å². The minimum absolute atomic E-state index is 0.208. The molecule has 2 aromatic rings.